The standard InChI is InChI=1S/C25H48O4/c1-5-6-7-8-9-12-15-18-21-28-23(26)19-16-13-10-11-14-17-20-24(27)29-22-25(2,3)4/h5-22H2,1-4H3. The van der Waals surface area contributed by atoms with E-state index in [4.69, 9.17) is 9.47 Å². The fraction of sp³-hybridized carbons (Fsp3) is 0.920. The molecule has 0 aromatic carbocycles. The van der Waals surface area contributed by atoms with Crippen LogP contribution in [-0.2, 0) is 19.1 Å². The number of rotatable bonds is 19. The highest BCUT2D eigenvalue weighted by Crippen LogP contribution is 2.14. The van der Waals surface area contributed by atoms with E-state index in [1.165, 1.54) is 44.9 Å². The van der Waals surface area contributed by atoms with Gasteiger partial charge in [-0.15, -0.1) is 0 Å². The van der Waals surface area contributed by atoms with Gasteiger partial charge in [-0.3, -0.25) is 9.59 Å². The molecule has 172 valence electrons. The lowest BCUT2D eigenvalue weighted by atomic mass is 9.99. The molecule has 0 amide bonds. The van der Waals surface area contributed by atoms with Gasteiger partial charge in [0, 0.05) is 12.8 Å². The number of esters is 2. The highest BCUT2D eigenvalue weighted by Gasteiger charge is 2.13. The number of carbonyl (C=O) groups is 2. The molecule has 0 aliphatic rings. The van der Waals surface area contributed by atoms with E-state index in [1.807, 2.05) is 0 Å². The molecule has 0 N–H and O–H groups in total. The third kappa shape index (κ3) is 23.1. The lowest BCUT2D eigenvalue weighted by Gasteiger charge is -2.17. The fourth-order valence-corrected chi connectivity index (χ4v) is 3.11. The van der Waals surface area contributed by atoms with E-state index in [0.717, 1.165) is 44.9 Å². The molecule has 0 heterocycles. The molecule has 0 bridgehead atoms. The Morgan fingerprint density at radius 2 is 1.00 bits per heavy atom. The van der Waals surface area contributed by atoms with Crippen molar-refractivity contribution in [1.29, 1.82) is 0 Å². The van der Waals surface area contributed by atoms with E-state index in [9.17, 15) is 9.59 Å². The minimum Gasteiger partial charge on any atom is -0.466 e. The molecular weight excluding hydrogens is 364 g/mol. The van der Waals surface area contributed by atoms with Crippen molar-refractivity contribution in [1.82, 2.24) is 0 Å². The molecule has 0 atom stereocenters. The third-order valence-electron chi connectivity index (χ3n) is 4.94. The zero-order valence-corrected chi connectivity index (χ0v) is 19.9. The molecule has 0 aromatic rings. The fourth-order valence-electron chi connectivity index (χ4n) is 3.11. The Labute approximate surface area is 180 Å². The number of carbonyl (C=O) groups excluding carboxylic acids is 2. The maximum atomic E-state index is 11.7. The maximum Gasteiger partial charge on any atom is 0.305 e. The third-order valence-corrected chi connectivity index (χ3v) is 4.94. The van der Waals surface area contributed by atoms with Crippen LogP contribution in [0.2, 0.25) is 0 Å². The molecule has 0 saturated heterocycles. The van der Waals surface area contributed by atoms with Gasteiger partial charge < -0.3 is 9.47 Å². The summed E-state index contributed by atoms with van der Waals surface area (Å²) in [6.45, 7) is 9.50. The van der Waals surface area contributed by atoms with Crippen molar-refractivity contribution in [2.75, 3.05) is 13.2 Å². The van der Waals surface area contributed by atoms with Gasteiger partial charge in [-0.25, -0.2) is 0 Å². The molecule has 4 heteroatoms. The maximum absolute atomic E-state index is 11.7. The molecule has 0 unspecified atom stereocenters. The van der Waals surface area contributed by atoms with Gasteiger partial charge in [0.25, 0.3) is 0 Å². The quantitative estimate of drug-likeness (QED) is 0.164. The number of ether oxygens (including phenoxy) is 2. The molecule has 0 aliphatic heterocycles. The van der Waals surface area contributed by atoms with Crippen molar-refractivity contribution < 1.29 is 19.1 Å². The van der Waals surface area contributed by atoms with E-state index in [1.54, 1.807) is 0 Å². The summed E-state index contributed by atoms with van der Waals surface area (Å²) in [6, 6.07) is 0. The summed E-state index contributed by atoms with van der Waals surface area (Å²) in [6.07, 6.45) is 17.3. The predicted octanol–water partition coefficient (Wildman–Crippen LogP) is 7.38. The van der Waals surface area contributed by atoms with Crippen LogP contribution in [0, 0.1) is 5.41 Å². The Morgan fingerprint density at radius 1 is 0.586 bits per heavy atom. The minimum absolute atomic E-state index is 0.0324. The van der Waals surface area contributed by atoms with Gasteiger partial charge in [-0.1, -0.05) is 98.3 Å². The summed E-state index contributed by atoms with van der Waals surface area (Å²) in [5.74, 6) is -0.131. The van der Waals surface area contributed by atoms with Gasteiger partial charge >= 0.3 is 11.9 Å². The second-order valence-electron chi connectivity index (χ2n) is 9.54. The van der Waals surface area contributed by atoms with Gasteiger partial charge in [0.05, 0.1) is 13.2 Å². The van der Waals surface area contributed by atoms with Gasteiger partial charge in [-0.05, 0) is 24.7 Å². The molecule has 0 aromatic heterocycles. The summed E-state index contributed by atoms with van der Waals surface area (Å²) in [5, 5.41) is 0. The molecule has 0 saturated carbocycles. The van der Waals surface area contributed by atoms with Crippen LogP contribution < -0.4 is 0 Å². The first-order chi connectivity index (χ1) is 13.8. The van der Waals surface area contributed by atoms with Crippen LogP contribution in [0.5, 0.6) is 0 Å². The van der Waals surface area contributed by atoms with Crippen molar-refractivity contribution in [3.63, 3.8) is 0 Å². The predicted molar refractivity (Wildman–Crippen MR) is 121 cm³/mol. The number of hydrogen-bond acceptors (Lipinski definition) is 4. The number of unbranched alkanes of at least 4 members (excludes halogenated alkanes) is 12. The zero-order chi connectivity index (χ0) is 21.8. The monoisotopic (exact) mass is 412 g/mol. The van der Waals surface area contributed by atoms with E-state index >= 15 is 0 Å². The van der Waals surface area contributed by atoms with Crippen molar-refractivity contribution in [2.24, 2.45) is 5.41 Å². The molecule has 0 spiro atoms. The van der Waals surface area contributed by atoms with Crippen LogP contribution in [0.4, 0.5) is 0 Å². The summed E-state index contributed by atoms with van der Waals surface area (Å²) >= 11 is 0. The minimum atomic E-state index is -0.0841. The van der Waals surface area contributed by atoms with Crippen molar-refractivity contribution in [3.8, 4) is 0 Å². The van der Waals surface area contributed by atoms with E-state index in [2.05, 4.69) is 27.7 Å². The lowest BCUT2D eigenvalue weighted by Crippen LogP contribution is -2.18. The molecular formula is C25H48O4. The van der Waals surface area contributed by atoms with Crippen LogP contribution in [0.1, 0.15) is 130 Å². The van der Waals surface area contributed by atoms with Crippen LogP contribution in [0.15, 0.2) is 0 Å². The first-order valence-electron chi connectivity index (χ1n) is 12.2. The molecule has 0 aliphatic carbocycles. The van der Waals surface area contributed by atoms with Gasteiger partial charge in [-0.2, -0.15) is 0 Å². The Hall–Kier alpha value is -1.06. The molecule has 4 nitrogen and oxygen atoms in total. The Kier molecular flexibility index (Phi) is 18.2. The normalized spacial score (nSPS) is 11.4. The summed E-state index contributed by atoms with van der Waals surface area (Å²) < 4.78 is 10.6. The van der Waals surface area contributed by atoms with E-state index < -0.39 is 0 Å². The van der Waals surface area contributed by atoms with E-state index in [0.29, 0.717) is 26.1 Å². The Bertz CT molecular complexity index is 398. The molecule has 0 fully saturated rings. The van der Waals surface area contributed by atoms with Crippen LogP contribution >= 0.6 is 0 Å². The average molecular weight is 413 g/mol. The SMILES string of the molecule is CCCCCCCCCCOC(=O)CCCCCCCCC(=O)OCC(C)(C)C. The van der Waals surface area contributed by atoms with Crippen molar-refractivity contribution >= 4 is 11.9 Å². The zero-order valence-electron chi connectivity index (χ0n) is 19.9. The summed E-state index contributed by atoms with van der Waals surface area (Å²) in [4.78, 5) is 23.3. The smallest absolute Gasteiger partial charge is 0.305 e. The first kappa shape index (κ1) is 27.9. The van der Waals surface area contributed by atoms with Crippen LogP contribution in [0.25, 0.3) is 0 Å². The summed E-state index contributed by atoms with van der Waals surface area (Å²) in [5.41, 5.74) is 0.0324. The Morgan fingerprint density at radius 3 is 1.48 bits per heavy atom. The second kappa shape index (κ2) is 18.9. The molecule has 0 radical (unpaired) electrons. The van der Waals surface area contributed by atoms with Crippen LogP contribution in [0.3, 0.4) is 0 Å². The van der Waals surface area contributed by atoms with Gasteiger partial charge in [0.15, 0.2) is 0 Å². The van der Waals surface area contributed by atoms with Crippen molar-refractivity contribution in [3.05, 3.63) is 0 Å². The lowest BCUT2D eigenvalue weighted by molar-refractivity contribution is -0.146. The van der Waals surface area contributed by atoms with E-state index in [-0.39, 0.29) is 17.4 Å². The van der Waals surface area contributed by atoms with Gasteiger partial charge in [0.1, 0.15) is 0 Å². The van der Waals surface area contributed by atoms with Crippen molar-refractivity contribution in [2.45, 2.75) is 130 Å². The average Bonchev–Trinajstić information content (AvgIpc) is 2.66. The Balaban J connectivity index is 3.30. The second-order valence-corrected chi connectivity index (χ2v) is 9.54. The first-order valence-corrected chi connectivity index (χ1v) is 12.2. The topological polar surface area (TPSA) is 52.6 Å². The summed E-state index contributed by atoms with van der Waals surface area (Å²) in [7, 11) is 0. The van der Waals surface area contributed by atoms with Crippen LogP contribution in [-0.4, -0.2) is 25.2 Å². The molecule has 0 rings (SSSR count). The highest BCUT2D eigenvalue weighted by atomic mass is 16.5. The number of hydrogen-bond donors (Lipinski definition) is 0. The highest BCUT2D eigenvalue weighted by molar-refractivity contribution is 5.69. The largest absolute Gasteiger partial charge is 0.466 e. The molecule has 29 heavy (non-hydrogen) atoms. The van der Waals surface area contributed by atoms with Gasteiger partial charge in [0.2, 0.25) is 0 Å².